The molecule has 0 aliphatic carbocycles. The minimum absolute atomic E-state index is 0.963. The SMILES string of the molecule is C1CN2C[C@H]2S1. The number of hydrogen-bond acceptors (Lipinski definition) is 2. The fraction of sp³-hybridized carbons (Fsp3) is 1.00. The Morgan fingerprint density at radius 1 is 1.67 bits per heavy atom. The summed E-state index contributed by atoms with van der Waals surface area (Å²) in [6.07, 6.45) is 0. The van der Waals surface area contributed by atoms with Crippen LogP contribution in [-0.4, -0.2) is 29.1 Å². The van der Waals surface area contributed by atoms with E-state index in [2.05, 4.69) is 16.7 Å². The number of rotatable bonds is 0. The summed E-state index contributed by atoms with van der Waals surface area (Å²) >= 11 is 2.10. The highest BCUT2D eigenvalue weighted by atomic mass is 32.2. The second-order valence-electron chi connectivity index (χ2n) is 1.82. The van der Waals surface area contributed by atoms with Gasteiger partial charge in [-0.25, -0.2) is 0 Å². The lowest BCUT2D eigenvalue weighted by Crippen LogP contribution is -1.94. The Balaban J connectivity index is 2.09. The van der Waals surface area contributed by atoms with Crippen molar-refractivity contribution >= 4 is 11.8 Å². The van der Waals surface area contributed by atoms with Crippen molar-refractivity contribution in [3.63, 3.8) is 0 Å². The molecule has 2 fully saturated rings. The molecule has 0 aromatic carbocycles. The third-order valence-electron chi connectivity index (χ3n) is 1.35. The molecule has 2 atom stereocenters. The van der Waals surface area contributed by atoms with Crippen LogP contribution in [-0.2, 0) is 0 Å². The predicted molar refractivity (Wildman–Crippen MR) is 27.8 cm³/mol. The van der Waals surface area contributed by atoms with Gasteiger partial charge in [0.2, 0.25) is 0 Å². The molecule has 6 heavy (non-hydrogen) atoms. The first-order chi connectivity index (χ1) is 2.97. The summed E-state index contributed by atoms with van der Waals surface area (Å²) in [5.41, 5.74) is 0. The van der Waals surface area contributed by atoms with Crippen molar-refractivity contribution in [1.82, 2.24) is 4.90 Å². The van der Waals surface area contributed by atoms with Crippen LogP contribution in [0, 0.1) is 0 Å². The van der Waals surface area contributed by atoms with Crippen molar-refractivity contribution in [2.45, 2.75) is 5.37 Å². The minimum atomic E-state index is 0.963. The average Bonchev–Trinajstić information content (AvgIpc) is 2.17. The van der Waals surface area contributed by atoms with Gasteiger partial charge in [0.25, 0.3) is 0 Å². The number of nitrogens with zero attached hydrogens (tertiary/aromatic N) is 1. The highest BCUT2D eigenvalue weighted by molar-refractivity contribution is 8.00. The lowest BCUT2D eigenvalue weighted by atomic mass is 10.8. The van der Waals surface area contributed by atoms with Gasteiger partial charge in [0.1, 0.15) is 0 Å². The van der Waals surface area contributed by atoms with Crippen LogP contribution in [0.2, 0.25) is 0 Å². The van der Waals surface area contributed by atoms with Crippen LogP contribution in [0.15, 0.2) is 0 Å². The first kappa shape index (κ1) is 3.33. The molecule has 2 saturated heterocycles. The van der Waals surface area contributed by atoms with E-state index in [0.29, 0.717) is 0 Å². The zero-order chi connectivity index (χ0) is 3.98. The zero-order valence-corrected chi connectivity index (χ0v) is 4.37. The van der Waals surface area contributed by atoms with Crippen molar-refractivity contribution in [2.75, 3.05) is 18.8 Å². The maximum Gasteiger partial charge on any atom is 0.0688 e. The molecule has 2 heterocycles. The topological polar surface area (TPSA) is 3.01 Å². The molecule has 0 aromatic heterocycles. The Morgan fingerprint density at radius 3 is 2.83 bits per heavy atom. The van der Waals surface area contributed by atoms with Crippen LogP contribution < -0.4 is 0 Å². The Morgan fingerprint density at radius 2 is 2.67 bits per heavy atom. The first-order valence-electron chi connectivity index (χ1n) is 2.32. The minimum Gasteiger partial charge on any atom is -0.287 e. The van der Waals surface area contributed by atoms with E-state index in [1.54, 1.807) is 0 Å². The average molecular weight is 101 g/mol. The Hall–Kier alpha value is 0.310. The molecule has 0 spiro atoms. The Bertz CT molecular complexity index is 65.9. The smallest absolute Gasteiger partial charge is 0.0688 e. The molecule has 0 amide bonds. The van der Waals surface area contributed by atoms with Gasteiger partial charge in [-0.3, -0.25) is 4.90 Å². The van der Waals surface area contributed by atoms with E-state index in [1.165, 1.54) is 18.8 Å². The van der Waals surface area contributed by atoms with Crippen LogP contribution in [0.4, 0.5) is 0 Å². The fourth-order valence-corrected chi connectivity index (χ4v) is 2.08. The summed E-state index contributed by atoms with van der Waals surface area (Å²) in [5.74, 6) is 1.38. The van der Waals surface area contributed by atoms with Gasteiger partial charge in [0, 0.05) is 18.8 Å². The molecule has 0 bridgehead atoms. The van der Waals surface area contributed by atoms with Crippen molar-refractivity contribution < 1.29 is 0 Å². The second-order valence-corrected chi connectivity index (χ2v) is 3.11. The van der Waals surface area contributed by atoms with E-state index < -0.39 is 0 Å². The van der Waals surface area contributed by atoms with Gasteiger partial charge < -0.3 is 0 Å². The van der Waals surface area contributed by atoms with Crippen LogP contribution >= 0.6 is 11.8 Å². The molecule has 1 unspecified atom stereocenters. The maximum atomic E-state index is 2.49. The van der Waals surface area contributed by atoms with Crippen molar-refractivity contribution in [3.05, 3.63) is 0 Å². The van der Waals surface area contributed by atoms with Gasteiger partial charge in [-0.1, -0.05) is 0 Å². The highest BCUT2D eigenvalue weighted by Gasteiger charge is 2.38. The largest absolute Gasteiger partial charge is 0.287 e. The summed E-state index contributed by atoms with van der Waals surface area (Å²) in [4.78, 5) is 2.49. The van der Waals surface area contributed by atoms with Crippen LogP contribution in [0.3, 0.4) is 0 Å². The molecular formula is C4H7NS. The molecule has 2 aliphatic heterocycles. The quantitative estimate of drug-likeness (QED) is 0.406. The van der Waals surface area contributed by atoms with Crippen molar-refractivity contribution in [2.24, 2.45) is 0 Å². The molecule has 2 rings (SSSR count). The van der Waals surface area contributed by atoms with Crippen molar-refractivity contribution in [1.29, 1.82) is 0 Å². The second kappa shape index (κ2) is 0.928. The number of hydrogen-bond donors (Lipinski definition) is 0. The van der Waals surface area contributed by atoms with E-state index in [-0.39, 0.29) is 0 Å². The van der Waals surface area contributed by atoms with E-state index >= 15 is 0 Å². The molecular weight excluding hydrogens is 94.1 g/mol. The van der Waals surface area contributed by atoms with Crippen LogP contribution in [0.1, 0.15) is 0 Å². The molecule has 34 valence electrons. The zero-order valence-electron chi connectivity index (χ0n) is 3.55. The summed E-state index contributed by atoms with van der Waals surface area (Å²) in [6.45, 7) is 2.74. The van der Waals surface area contributed by atoms with Gasteiger partial charge >= 0.3 is 0 Å². The van der Waals surface area contributed by atoms with Gasteiger partial charge in [0.05, 0.1) is 5.37 Å². The van der Waals surface area contributed by atoms with E-state index in [0.717, 1.165) is 5.37 Å². The molecule has 2 aliphatic rings. The maximum absolute atomic E-state index is 2.49. The summed E-state index contributed by atoms with van der Waals surface area (Å²) < 4.78 is 0. The van der Waals surface area contributed by atoms with E-state index in [4.69, 9.17) is 0 Å². The molecule has 0 N–H and O–H groups in total. The third kappa shape index (κ3) is 0.312. The summed E-state index contributed by atoms with van der Waals surface area (Å²) in [5, 5.41) is 0.963. The monoisotopic (exact) mass is 101 g/mol. The van der Waals surface area contributed by atoms with Gasteiger partial charge in [-0.15, -0.1) is 11.8 Å². The predicted octanol–water partition coefficient (Wildman–Crippen LogP) is 0.375. The normalized spacial score (nSPS) is 52.0. The van der Waals surface area contributed by atoms with Gasteiger partial charge in [0.15, 0.2) is 0 Å². The standard InChI is InChI=1S/C4H7NS/c1-2-6-4-3-5(1)4/h4H,1-3H2/t4-,5?/m1/s1. The highest BCUT2D eigenvalue weighted by Crippen LogP contribution is 2.34. The number of thioether (sulfide) groups is 1. The lowest BCUT2D eigenvalue weighted by molar-refractivity contribution is 0.607. The van der Waals surface area contributed by atoms with Crippen LogP contribution in [0.5, 0.6) is 0 Å². The van der Waals surface area contributed by atoms with Crippen molar-refractivity contribution in [3.8, 4) is 0 Å². The van der Waals surface area contributed by atoms with E-state index in [1.807, 2.05) is 0 Å². The molecule has 1 nitrogen and oxygen atoms in total. The van der Waals surface area contributed by atoms with E-state index in [9.17, 15) is 0 Å². The van der Waals surface area contributed by atoms with Crippen LogP contribution in [0.25, 0.3) is 0 Å². The lowest BCUT2D eigenvalue weighted by Gasteiger charge is -1.82. The van der Waals surface area contributed by atoms with Gasteiger partial charge in [-0.2, -0.15) is 0 Å². The third-order valence-corrected chi connectivity index (χ3v) is 2.60. The molecule has 2 heteroatoms. The molecule has 0 aromatic rings. The summed E-state index contributed by atoms with van der Waals surface area (Å²) in [6, 6.07) is 0. The molecule has 0 saturated carbocycles. The first-order valence-corrected chi connectivity index (χ1v) is 3.37. The Kier molecular flexibility index (Phi) is 0.515. The van der Waals surface area contributed by atoms with Gasteiger partial charge in [-0.05, 0) is 0 Å². The molecule has 0 radical (unpaired) electrons. The Labute approximate surface area is 41.7 Å². The summed E-state index contributed by atoms with van der Waals surface area (Å²) in [7, 11) is 0. The number of fused-ring (bicyclic) bond motifs is 1. The fourth-order valence-electron chi connectivity index (χ4n) is 0.853.